The van der Waals surface area contributed by atoms with Crippen LogP contribution < -0.4 is 10.1 Å². The number of ether oxygens (including phenoxy) is 3. The normalized spacial score (nSPS) is 15.5. The quantitative estimate of drug-likeness (QED) is 0.279. The Morgan fingerprint density at radius 2 is 1.64 bits per heavy atom. The van der Waals surface area contributed by atoms with E-state index in [0.717, 1.165) is 0 Å². The molecule has 33 heavy (non-hydrogen) atoms. The number of hydrogen-bond donors (Lipinski definition) is 1. The number of methoxy groups -OCH3 is 1. The van der Waals surface area contributed by atoms with Gasteiger partial charge in [-0.15, -0.1) is 0 Å². The molecule has 0 bridgehead atoms. The Morgan fingerprint density at radius 1 is 0.970 bits per heavy atom. The van der Waals surface area contributed by atoms with Crippen LogP contribution in [0, 0.1) is 10.1 Å². The van der Waals surface area contributed by atoms with Crippen molar-refractivity contribution >= 4 is 17.6 Å². The molecule has 1 aliphatic rings. The smallest absolute Gasteiger partial charge is 0.336 e. The number of rotatable bonds is 8. The highest BCUT2D eigenvalue weighted by molar-refractivity contribution is 5.99. The van der Waals surface area contributed by atoms with E-state index in [1.54, 1.807) is 32.0 Å². The predicted molar refractivity (Wildman–Crippen MR) is 119 cm³/mol. The summed E-state index contributed by atoms with van der Waals surface area (Å²) in [5.41, 5.74) is 1.55. The number of nitro benzene ring substituents is 1. The van der Waals surface area contributed by atoms with Crippen molar-refractivity contribution in [3.8, 4) is 5.75 Å². The van der Waals surface area contributed by atoms with E-state index in [1.165, 1.54) is 25.3 Å². The number of esters is 2. The van der Waals surface area contributed by atoms with Gasteiger partial charge in [-0.25, -0.2) is 9.59 Å². The number of dihydropyridines is 1. The molecule has 3 rings (SSSR count). The summed E-state index contributed by atoms with van der Waals surface area (Å²) in [5, 5.41) is 14.3. The first-order valence-corrected chi connectivity index (χ1v) is 10.2. The fraction of sp³-hybridized carbons (Fsp3) is 0.250. The lowest BCUT2D eigenvalue weighted by Gasteiger charge is -2.30. The zero-order valence-corrected chi connectivity index (χ0v) is 18.5. The Kier molecular flexibility index (Phi) is 7.45. The van der Waals surface area contributed by atoms with Crippen molar-refractivity contribution in [3.63, 3.8) is 0 Å². The van der Waals surface area contributed by atoms with Crippen LogP contribution in [0.1, 0.15) is 25.3 Å². The lowest BCUT2D eigenvalue weighted by Crippen LogP contribution is -2.32. The Hall–Kier alpha value is -4.14. The number of carbonyl (C=O) groups is 2. The topological polar surface area (TPSA) is 117 Å². The zero-order valence-electron chi connectivity index (χ0n) is 18.5. The number of nitrogens with zero attached hydrogens (tertiary/aromatic N) is 1. The molecule has 1 aliphatic heterocycles. The number of nitro groups is 1. The van der Waals surface area contributed by atoms with Crippen LogP contribution in [0.5, 0.6) is 5.75 Å². The van der Waals surface area contributed by atoms with E-state index >= 15 is 0 Å². The number of nitrogens with one attached hydrogen (secondary N) is 1. The first-order valence-electron chi connectivity index (χ1n) is 10.2. The number of hydrogen-bond acceptors (Lipinski definition) is 8. The van der Waals surface area contributed by atoms with Gasteiger partial charge in [-0.2, -0.15) is 0 Å². The summed E-state index contributed by atoms with van der Waals surface area (Å²) in [6.07, 6.45) is 0. The van der Waals surface area contributed by atoms with Crippen molar-refractivity contribution in [2.75, 3.05) is 20.3 Å². The summed E-state index contributed by atoms with van der Waals surface area (Å²) in [5.74, 6) is -1.57. The minimum Gasteiger partial charge on any atom is -0.490 e. The van der Waals surface area contributed by atoms with E-state index in [1.807, 2.05) is 18.2 Å². The fourth-order valence-corrected chi connectivity index (χ4v) is 3.68. The molecule has 2 aromatic carbocycles. The SMILES string of the molecule is COC(=O)C1=C(C)NC(C)=C(C(=O)OCCOc2ccccc2)C1c1cccc([N+](=O)[O-])c1. The maximum atomic E-state index is 13.1. The molecule has 9 heteroatoms. The van der Waals surface area contributed by atoms with Gasteiger partial charge in [-0.3, -0.25) is 10.1 Å². The van der Waals surface area contributed by atoms with Crippen molar-refractivity contribution < 1.29 is 28.7 Å². The molecular formula is C24H24N2O7. The van der Waals surface area contributed by atoms with Crippen LogP contribution in [0.3, 0.4) is 0 Å². The van der Waals surface area contributed by atoms with Crippen molar-refractivity contribution in [3.05, 3.63) is 92.8 Å². The van der Waals surface area contributed by atoms with Crippen LogP contribution in [0.15, 0.2) is 77.1 Å². The van der Waals surface area contributed by atoms with Gasteiger partial charge in [0.1, 0.15) is 19.0 Å². The summed E-state index contributed by atoms with van der Waals surface area (Å²) in [4.78, 5) is 36.5. The van der Waals surface area contributed by atoms with Crippen molar-refractivity contribution in [2.24, 2.45) is 0 Å². The number of benzene rings is 2. The zero-order chi connectivity index (χ0) is 24.0. The fourth-order valence-electron chi connectivity index (χ4n) is 3.68. The van der Waals surface area contributed by atoms with E-state index in [-0.39, 0.29) is 30.0 Å². The molecule has 0 saturated carbocycles. The first kappa shape index (κ1) is 23.5. The monoisotopic (exact) mass is 452 g/mol. The van der Waals surface area contributed by atoms with Gasteiger partial charge in [0, 0.05) is 23.5 Å². The average molecular weight is 452 g/mol. The molecule has 0 aliphatic carbocycles. The third-order valence-electron chi connectivity index (χ3n) is 5.13. The van der Waals surface area contributed by atoms with Gasteiger partial charge in [0.15, 0.2) is 0 Å². The van der Waals surface area contributed by atoms with E-state index in [9.17, 15) is 19.7 Å². The molecular weight excluding hydrogens is 428 g/mol. The minimum absolute atomic E-state index is 0.0254. The Balaban J connectivity index is 1.89. The maximum Gasteiger partial charge on any atom is 0.336 e. The van der Waals surface area contributed by atoms with Crippen molar-refractivity contribution in [1.29, 1.82) is 0 Å². The van der Waals surface area contributed by atoms with Crippen molar-refractivity contribution in [1.82, 2.24) is 5.32 Å². The molecule has 9 nitrogen and oxygen atoms in total. The van der Waals surface area contributed by atoms with Crippen LogP contribution in [0.2, 0.25) is 0 Å². The Bertz CT molecular complexity index is 1120. The van der Waals surface area contributed by atoms with E-state index in [4.69, 9.17) is 14.2 Å². The number of non-ortho nitro benzene ring substituents is 1. The highest BCUT2D eigenvalue weighted by Crippen LogP contribution is 2.40. The highest BCUT2D eigenvalue weighted by Gasteiger charge is 2.38. The molecule has 0 amide bonds. The Morgan fingerprint density at radius 3 is 2.27 bits per heavy atom. The molecule has 0 spiro atoms. The average Bonchev–Trinajstić information content (AvgIpc) is 2.81. The van der Waals surface area contributed by atoms with Gasteiger partial charge in [0.25, 0.3) is 5.69 Å². The molecule has 1 unspecified atom stereocenters. The summed E-state index contributed by atoms with van der Waals surface area (Å²) in [7, 11) is 1.23. The van der Waals surface area contributed by atoms with Gasteiger partial charge in [0.05, 0.1) is 29.1 Å². The van der Waals surface area contributed by atoms with Gasteiger partial charge < -0.3 is 19.5 Å². The second-order valence-electron chi connectivity index (χ2n) is 7.28. The Labute approximate surface area is 190 Å². The lowest BCUT2D eigenvalue weighted by molar-refractivity contribution is -0.384. The molecule has 0 saturated heterocycles. The molecule has 1 N–H and O–H groups in total. The molecule has 0 aromatic heterocycles. The molecule has 2 aromatic rings. The van der Waals surface area contributed by atoms with E-state index < -0.39 is 22.8 Å². The third kappa shape index (κ3) is 5.38. The van der Waals surface area contributed by atoms with E-state index in [0.29, 0.717) is 22.7 Å². The molecule has 1 atom stereocenters. The summed E-state index contributed by atoms with van der Waals surface area (Å²) >= 11 is 0. The first-order chi connectivity index (χ1) is 15.8. The van der Waals surface area contributed by atoms with Gasteiger partial charge in [0.2, 0.25) is 0 Å². The van der Waals surface area contributed by atoms with Crippen LogP contribution >= 0.6 is 0 Å². The second-order valence-corrected chi connectivity index (χ2v) is 7.28. The second kappa shape index (κ2) is 10.4. The minimum atomic E-state index is -0.902. The maximum absolute atomic E-state index is 13.1. The molecule has 0 fully saturated rings. The van der Waals surface area contributed by atoms with Gasteiger partial charge in [-0.1, -0.05) is 30.3 Å². The summed E-state index contributed by atoms with van der Waals surface area (Å²) in [6.45, 7) is 3.47. The highest BCUT2D eigenvalue weighted by atomic mass is 16.6. The van der Waals surface area contributed by atoms with E-state index in [2.05, 4.69) is 5.32 Å². The van der Waals surface area contributed by atoms with Crippen LogP contribution in [-0.4, -0.2) is 37.2 Å². The summed E-state index contributed by atoms with van der Waals surface area (Å²) < 4.78 is 15.9. The standard InChI is InChI=1S/C24H24N2O7/c1-15-20(23(27)31-3)22(17-8-7-9-18(14-17)26(29)30)21(16(2)25-15)24(28)33-13-12-32-19-10-5-4-6-11-19/h4-11,14,22,25H,12-13H2,1-3H3. The lowest BCUT2D eigenvalue weighted by atomic mass is 9.80. The van der Waals surface area contributed by atoms with Gasteiger partial charge >= 0.3 is 11.9 Å². The number of carbonyl (C=O) groups excluding carboxylic acids is 2. The van der Waals surface area contributed by atoms with Crippen LogP contribution in [0.4, 0.5) is 5.69 Å². The molecule has 1 heterocycles. The number of allylic oxidation sites excluding steroid dienone is 2. The predicted octanol–water partition coefficient (Wildman–Crippen LogP) is 3.62. The largest absolute Gasteiger partial charge is 0.490 e. The van der Waals surface area contributed by atoms with Crippen LogP contribution in [-0.2, 0) is 19.1 Å². The van der Waals surface area contributed by atoms with Crippen molar-refractivity contribution in [2.45, 2.75) is 19.8 Å². The number of para-hydroxylation sites is 1. The van der Waals surface area contributed by atoms with Crippen LogP contribution in [0.25, 0.3) is 0 Å². The molecule has 172 valence electrons. The third-order valence-corrected chi connectivity index (χ3v) is 5.13. The molecule has 0 radical (unpaired) electrons. The van der Waals surface area contributed by atoms with Gasteiger partial charge in [-0.05, 0) is 31.5 Å². The summed E-state index contributed by atoms with van der Waals surface area (Å²) in [6, 6.07) is 14.9.